The molecule has 0 aromatic heterocycles. The number of ether oxygens (including phenoxy) is 1. The second kappa shape index (κ2) is 7.82. The zero-order valence-electron chi connectivity index (χ0n) is 15.6. The van der Waals surface area contributed by atoms with Gasteiger partial charge in [-0.1, -0.05) is 12.1 Å². The molecule has 7 nitrogen and oxygen atoms in total. The van der Waals surface area contributed by atoms with E-state index in [0.29, 0.717) is 11.3 Å². The van der Waals surface area contributed by atoms with Crippen molar-refractivity contribution in [2.24, 2.45) is 5.73 Å². The van der Waals surface area contributed by atoms with Crippen molar-refractivity contribution in [3.63, 3.8) is 0 Å². The summed E-state index contributed by atoms with van der Waals surface area (Å²) in [4.78, 5) is 13.7. The predicted octanol–water partition coefficient (Wildman–Crippen LogP) is 1.18. The number of hydrogen-bond acceptors (Lipinski definition) is 6. The van der Waals surface area contributed by atoms with Gasteiger partial charge in [-0.2, -0.15) is 5.26 Å². The van der Waals surface area contributed by atoms with E-state index in [9.17, 15) is 17.6 Å². The molecule has 9 heteroatoms. The molecule has 1 aliphatic heterocycles. The molecule has 1 fully saturated rings. The Bertz CT molecular complexity index is 833. The van der Waals surface area contributed by atoms with E-state index in [1.807, 2.05) is 6.07 Å². The van der Waals surface area contributed by atoms with Crippen molar-refractivity contribution in [1.29, 1.82) is 5.26 Å². The molecule has 27 heavy (non-hydrogen) atoms. The zero-order chi connectivity index (χ0) is 20.4. The van der Waals surface area contributed by atoms with Crippen LogP contribution >= 0.6 is 0 Å². The van der Waals surface area contributed by atoms with Crippen LogP contribution < -0.4 is 10.5 Å². The fourth-order valence-corrected chi connectivity index (χ4v) is 4.44. The van der Waals surface area contributed by atoms with Crippen LogP contribution in [-0.4, -0.2) is 55.9 Å². The minimum Gasteiger partial charge on any atom is -0.497 e. The molecule has 2 N–H and O–H groups in total. The first-order valence-corrected chi connectivity index (χ1v) is 10.1. The van der Waals surface area contributed by atoms with Gasteiger partial charge < -0.3 is 15.4 Å². The molecule has 0 spiro atoms. The Kier molecular flexibility index (Phi) is 6.12. The molecule has 148 valence electrons. The fraction of sp³-hybridized carbons (Fsp3) is 0.556. The number of nitriles is 1. The molecule has 2 rings (SSSR count). The molecule has 3 unspecified atom stereocenters. The Labute approximate surface area is 158 Å². The van der Waals surface area contributed by atoms with Crippen molar-refractivity contribution in [3.05, 3.63) is 29.8 Å². The van der Waals surface area contributed by atoms with Gasteiger partial charge in [0.05, 0.1) is 30.2 Å². The summed E-state index contributed by atoms with van der Waals surface area (Å²) in [6.45, 7) is 2.50. The van der Waals surface area contributed by atoms with E-state index < -0.39 is 38.7 Å². The molecule has 1 aliphatic rings. The van der Waals surface area contributed by atoms with Crippen molar-refractivity contribution in [2.75, 3.05) is 13.7 Å². The lowest BCUT2D eigenvalue weighted by Gasteiger charge is -2.33. The maximum Gasteiger partial charge on any atom is 0.242 e. The topological polar surface area (TPSA) is 113 Å². The number of nitrogens with two attached hydrogens (primary N) is 1. The van der Waals surface area contributed by atoms with Gasteiger partial charge in [-0.25, -0.2) is 12.8 Å². The molecular weight excluding hydrogens is 373 g/mol. The molecule has 1 amide bonds. The largest absolute Gasteiger partial charge is 0.497 e. The van der Waals surface area contributed by atoms with Gasteiger partial charge in [0.1, 0.15) is 24.0 Å². The van der Waals surface area contributed by atoms with Crippen molar-refractivity contribution in [3.8, 4) is 11.8 Å². The molecule has 0 radical (unpaired) electrons. The number of rotatable bonds is 6. The first-order chi connectivity index (χ1) is 12.5. The number of likely N-dealkylation sites (tertiary alicyclic amines) is 1. The Balaban J connectivity index is 2.21. The first kappa shape index (κ1) is 21.1. The van der Waals surface area contributed by atoms with Gasteiger partial charge >= 0.3 is 0 Å². The molecule has 1 heterocycles. The van der Waals surface area contributed by atoms with Gasteiger partial charge in [0.2, 0.25) is 5.91 Å². The highest BCUT2D eigenvalue weighted by Crippen LogP contribution is 2.28. The molecule has 1 aromatic rings. The lowest BCUT2D eigenvalue weighted by molar-refractivity contribution is -0.133. The molecule has 0 saturated carbocycles. The Morgan fingerprint density at radius 2 is 2.04 bits per heavy atom. The van der Waals surface area contributed by atoms with Crippen LogP contribution in [0, 0.1) is 11.3 Å². The molecule has 0 bridgehead atoms. The Morgan fingerprint density at radius 3 is 2.56 bits per heavy atom. The van der Waals surface area contributed by atoms with Gasteiger partial charge in [-0.05, 0) is 31.5 Å². The smallest absolute Gasteiger partial charge is 0.242 e. The van der Waals surface area contributed by atoms with E-state index in [1.54, 1.807) is 24.3 Å². The van der Waals surface area contributed by atoms with Crippen LogP contribution in [0.25, 0.3) is 0 Å². The number of carbonyl (C=O) groups excluding carboxylic acids is 1. The summed E-state index contributed by atoms with van der Waals surface area (Å²) >= 11 is 0. The predicted molar refractivity (Wildman–Crippen MR) is 98.3 cm³/mol. The van der Waals surface area contributed by atoms with E-state index >= 15 is 0 Å². The van der Waals surface area contributed by atoms with E-state index in [4.69, 9.17) is 15.7 Å². The average Bonchev–Trinajstić information content (AvgIpc) is 3.01. The molecular formula is C18H24FN3O4S. The Morgan fingerprint density at radius 1 is 1.44 bits per heavy atom. The van der Waals surface area contributed by atoms with Gasteiger partial charge in [-0.3, -0.25) is 4.79 Å². The highest BCUT2D eigenvalue weighted by molar-refractivity contribution is 7.92. The number of carbonyl (C=O) groups is 1. The highest BCUT2D eigenvalue weighted by Gasteiger charge is 2.47. The van der Waals surface area contributed by atoms with Crippen molar-refractivity contribution in [1.82, 2.24) is 4.90 Å². The maximum atomic E-state index is 13.6. The third-order valence-corrected chi connectivity index (χ3v) is 7.58. The summed E-state index contributed by atoms with van der Waals surface area (Å²) in [5, 5.41) is 9.11. The van der Waals surface area contributed by atoms with Crippen molar-refractivity contribution in [2.45, 2.75) is 49.0 Å². The summed E-state index contributed by atoms with van der Waals surface area (Å²) in [7, 11) is -2.33. The number of methoxy groups -OCH3 is 1. The highest BCUT2D eigenvalue weighted by atomic mass is 32.2. The molecule has 0 aliphatic carbocycles. The quantitative estimate of drug-likeness (QED) is 0.771. The van der Waals surface area contributed by atoms with Crippen LogP contribution in [0.3, 0.4) is 0 Å². The second-order valence-electron chi connectivity index (χ2n) is 7.16. The SMILES string of the molecule is COc1ccc(CS(=O)(=O)C(C)(C)C(N)C(=O)N2CC(F)CC2C#N)cc1. The lowest BCUT2D eigenvalue weighted by Crippen LogP contribution is -2.59. The van der Waals surface area contributed by atoms with E-state index in [1.165, 1.54) is 21.0 Å². The number of hydrogen-bond donors (Lipinski definition) is 1. The van der Waals surface area contributed by atoms with Crippen LogP contribution in [0.5, 0.6) is 5.75 Å². The maximum absolute atomic E-state index is 13.6. The van der Waals surface area contributed by atoms with E-state index in [2.05, 4.69) is 0 Å². The number of amides is 1. The van der Waals surface area contributed by atoms with Gasteiger partial charge in [0.15, 0.2) is 9.84 Å². The van der Waals surface area contributed by atoms with E-state index in [0.717, 1.165) is 4.90 Å². The minimum atomic E-state index is -3.83. The standard InChI is InChI=1S/C18H24FN3O4S/c1-18(2,16(21)17(23)22-10-13(19)8-14(22)9-20)27(24,25)11-12-4-6-15(26-3)7-5-12/h4-7,13-14,16H,8,10-11,21H2,1-3H3. The van der Waals surface area contributed by atoms with Crippen LogP contribution in [0.1, 0.15) is 25.8 Å². The van der Waals surface area contributed by atoms with Crippen LogP contribution in [0.4, 0.5) is 4.39 Å². The van der Waals surface area contributed by atoms with Crippen LogP contribution in [-0.2, 0) is 20.4 Å². The monoisotopic (exact) mass is 397 g/mol. The zero-order valence-corrected chi connectivity index (χ0v) is 16.4. The second-order valence-corrected chi connectivity index (χ2v) is 9.73. The number of benzene rings is 1. The first-order valence-electron chi connectivity index (χ1n) is 8.48. The number of sulfone groups is 1. The van der Waals surface area contributed by atoms with E-state index in [-0.39, 0.29) is 18.7 Å². The van der Waals surface area contributed by atoms with Crippen LogP contribution in [0.15, 0.2) is 24.3 Å². The summed E-state index contributed by atoms with van der Waals surface area (Å²) < 4.78 is 42.9. The van der Waals surface area contributed by atoms with Crippen LogP contribution in [0.2, 0.25) is 0 Å². The normalized spacial score (nSPS) is 21.6. The number of alkyl halides is 1. The third kappa shape index (κ3) is 4.22. The lowest BCUT2D eigenvalue weighted by atomic mass is 10.0. The molecule has 1 saturated heterocycles. The molecule has 1 aromatic carbocycles. The fourth-order valence-electron chi connectivity index (χ4n) is 2.95. The third-order valence-electron chi connectivity index (χ3n) is 5.01. The van der Waals surface area contributed by atoms with Gasteiger partial charge in [-0.15, -0.1) is 0 Å². The summed E-state index contributed by atoms with van der Waals surface area (Å²) in [5.41, 5.74) is 6.53. The van der Waals surface area contributed by atoms with Gasteiger partial charge in [0.25, 0.3) is 0 Å². The van der Waals surface area contributed by atoms with Gasteiger partial charge in [0, 0.05) is 6.42 Å². The summed E-state index contributed by atoms with van der Waals surface area (Å²) in [5.74, 6) is -0.442. The Hall–Kier alpha value is -2.18. The minimum absolute atomic E-state index is 0.0893. The number of nitrogens with zero attached hydrogens (tertiary/aromatic N) is 2. The summed E-state index contributed by atoms with van der Waals surface area (Å²) in [6, 6.07) is 6.06. The summed E-state index contributed by atoms with van der Waals surface area (Å²) in [6.07, 6.45) is -1.40. The van der Waals surface area contributed by atoms with Crippen molar-refractivity contribution < 1.29 is 22.3 Å². The molecule has 3 atom stereocenters. The average molecular weight is 397 g/mol. The number of halogens is 1. The van der Waals surface area contributed by atoms with Crippen molar-refractivity contribution >= 4 is 15.7 Å².